The molecule has 1 atom stereocenters. The molecule has 7 heteroatoms. The minimum atomic E-state index is -0.0342. The zero-order chi connectivity index (χ0) is 20.1. The number of hydrogen-bond donors (Lipinski definition) is 1. The van der Waals surface area contributed by atoms with Gasteiger partial charge in [0.1, 0.15) is 0 Å². The first-order valence-corrected chi connectivity index (χ1v) is 11.4. The molecule has 2 aliphatic heterocycles. The van der Waals surface area contributed by atoms with E-state index in [9.17, 15) is 4.79 Å². The minimum absolute atomic E-state index is 0.0342. The summed E-state index contributed by atoms with van der Waals surface area (Å²) in [5.41, 5.74) is 4.14. The Labute approximate surface area is 176 Å². The molecule has 2 aromatic heterocycles. The molecule has 156 valence electrons. The Kier molecular flexibility index (Phi) is 6.57. The van der Waals surface area contributed by atoms with Crippen LogP contribution in [0.5, 0.6) is 0 Å². The van der Waals surface area contributed by atoms with Gasteiger partial charge in [-0.2, -0.15) is 0 Å². The monoisotopic (exact) mass is 414 g/mol. The fourth-order valence-electron chi connectivity index (χ4n) is 4.49. The van der Waals surface area contributed by atoms with E-state index >= 15 is 0 Å². The molecule has 1 N–H and O–H groups in total. The van der Waals surface area contributed by atoms with Crippen LogP contribution in [-0.4, -0.2) is 46.1 Å². The number of thiazole rings is 1. The largest absolute Gasteiger partial charge is 0.375 e. The Morgan fingerprint density at radius 3 is 2.86 bits per heavy atom. The molecule has 1 spiro atoms. The first-order chi connectivity index (χ1) is 14.1. The molecule has 1 amide bonds. The van der Waals surface area contributed by atoms with Crippen molar-refractivity contribution in [3.8, 4) is 0 Å². The lowest BCUT2D eigenvalue weighted by Crippen LogP contribution is -2.49. The maximum Gasteiger partial charge on any atom is 0.220 e. The number of carbonyl (C=O) groups excluding carboxylic acids is 1. The van der Waals surface area contributed by atoms with E-state index < -0.39 is 0 Å². The fraction of sp³-hybridized carbons (Fsp3) is 0.591. The number of aromatic nitrogens is 2. The van der Waals surface area contributed by atoms with Gasteiger partial charge in [0, 0.05) is 56.5 Å². The van der Waals surface area contributed by atoms with E-state index in [1.165, 1.54) is 4.88 Å². The van der Waals surface area contributed by atoms with E-state index in [-0.39, 0.29) is 11.5 Å². The third kappa shape index (κ3) is 5.41. The standard InChI is InChI=1S/C22H30N4O2S/c1-17-20(29-16-25-17)15-26-9-5-22(6-10-26)13-19(4-11-28-22)12-21(27)24-14-18-2-7-23-8-3-18/h2-3,7-8,16,19H,4-6,9-15H2,1H3,(H,24,27). The maximum absolute atomic E-state index is 12.4. The van der Waals surface area contributed by atoms with E-state index in [0.717, 1.165) is 63.2 Å². The predicted octanol–water partition coefficient (Wildman–Crippen LogP) is 3.31. The quantitative estimate of drug-likeness (QED) is 0.785. The summed E-state index contributed by atoms with van der Waals surface area (Å²) < 4.78 is 6.28. The second-order valence-electron chi connectivity index (χ2n) is 8.36. The summed E-state index contributed by atoms with van der Waals surface area (Å²) in [5, 5.41) is 3.05. The van der Waals surface area contributed by atoms with Crippen molar-refractivity contribution >= 4 is 17.2 Å². The summed E-state index contributed by atoms with van der Waals surface area (Å²) >= 11 is 1.75. The molecule has 2 fully saturated rings. The first-order valence-electron chi connectivity index (χ1n) is 10.5. The van der Waals surface area contributed by atoms with Crippen molar-refractivity contribution in [2.24, 2.45) is 5.92 Å². The molecule has 6 nitrogen and oxygen atoms in total. The molecular weight excluding hydrogens is 384 g/mol. The van der Waals surface area contributed by atoms with Gasteiger partial charge < -0.3 is 10.1 Å². The van der Waals surface area contributed by atoms with E-state index in [4.69, 9.17) is 4.74 Å². The summed E-state index contributed by atoms with van der Waals surface area (Å²) in [6.45, 7) is 6.54. The van der Waals surface area contributed by atoms with Crippen LogP contribution in [0.4, 0.5) is 0 Å². The van der Waals surface area contributed by atoms with Crippen LogP contribution < -0.4 is 5.32 Å². The molecule has 4 rings (SSSR count). The van der Waals surface area contributed by atoms with Gasteiger partial charge in [-0.3, -0.25) is 14.7 Å². The highest BCUT2D eigenvalue weighted by Crippen LogP contribution is 2.39. The number of likely N-dealkylation sites (tertiary alicyclic amines) is 1. The van der Waals surface area contributed by atoms with E-state index in [0.29, 0.717) is 18.9 Å². The second kappa shape index (κ2) is 9.32. The van der Waals surface area contributed by atoms with Crippen molar-refractivity contribution in [2.75, 3.05) is 19.7 Å². The van der Waals surface area contributed by atoms with Gasteiger partial charge in [0.05, 0.1) is 16.8 Å². The highest BCUT2D eigenvalue weighted by atomic mass is 32.1. The summed E-state index contributed by atoms with van der Waals surface area (Å²) in [5.74, 6) is 0.554. The Balaban J connectivity index is 1.24. The molecule has 2 aromatic rings. The average molecular weight is 415 g/mol. The smallest absolute Gasteiger partial charge is 0.220 e. The number of pyridine rings is 1. The number of nitrogens with zero attached hydrogens (tertiary/aromatic N) is 3. The third-order valence-electron chi connectivity index (χ3n) is 6.29. The lowest BCUT2D eigenvalue weighted by Gasteiger charge is -2.46. The number of nitrogens with one attached hydrogen (secondary N) is 1. The van der Waals surface area contributed by atoms with Gasteiger partial charge in [-0.15, -0.1) is 11.3 Å². The summed E-state index contributed by atoms with van der Waals surface area (Å²) in [6.07, 6.45) is 8.20. The van der Waals surface area contributed by atoms with Crippen molar-refractivity contribution in [1.29, 1.82) is 0 Å². The number of hydrogen-bond acceptors (Lipinski definition) is 6. The second-order valence-corrected chi connectivity index (χ2v) is 9.30. The van der Waals surface area contributed by atoms with Crippen molar-refractivity contribution in [1.82, 2.24) is 20.2 Å². The summed E-state index contributed by atoms with van der Waals surface area (Å²) in [4.78, 5) is 24.7. The molecule has 1 unspecified atom stereocenters. The average Bonchev–Trinajstić information content (AvgIpc) is 3.14. The number of rotatable bonds is 6. The molecule has 0 bridgehead atoms. The van der Waals surface area contributed by atoms with Gasteiger partial charge in [0.2, 0.25) is 5.91 Å². The molecular formula is C22H30N4O2S. The molecule has 4 heterocycles. The van der Waals surface area contributed by atoms with E-state index in [1.807, 2.05) is 17.6 Å². The molecule has 0 aromatic carbocycles. The van der Waals surface area contributed by atoms with Crippen LogP contribution in [0.2, 0.25) is 0 Å². The number of amides is 1. The van der Waals surface area contributed by atoms with E-state index in [2.05, 4.69) is 27.1 Å². The van der Waals surface area contributed by atoms with Gasteiger partial charge in [-0.1, -0.05) is 0 Å². The highest BCUT2D eigenvalue weighted by molar-refractivity contribution is 7.09. The molecule has 0 aliphatic carbocycles. The number of piperidine rings is 1. The Morgan fingerprint density at radius 2 is 2.14 bits per heavy atom. The van der Waals surface area contributed by atoms with Crippen LogP contribution in [-0.2, 0) is 22.6 Å². The Morgan fingerprint density at radius 1 is 1.34 bits per heavy atom. The minimum Gasteiger partial charge on any atom is -0.375 e. The van der Waals surface area contributed by atoms with Crippen LogP contribution in [0.25, 0.3) is 0 Å². The first kappa shape index (κ1) is 20.4. The molecule has 0 radical (unpaired) electrons. The number of carbonyl (C=O) groups is 1. The zero-order valence-corrected chi connectivity index (χ0v) is 17.9. The topological polar surface area (TPSA) is 67.4 Å². The number of aryl methyl sites for hydroxylation is 1. The molecule has 2 saturated heterocycles. The third-order valence-corrected chi connectivity index (χ3v) is 7.21. The van der Waals surface area contributed by atoms with Gasteiger partial charge >= 0.3 is 0 Å². The zero-order valence-electron chi connectivity index (χ0n) is 17.1. The lowest BCUT2D eigenvalue weighted by atomic mass is 9.78. The van der Waals surface area contributed by atoms with Gasteiger partial charge in [0.15, 0.2) is 0 Å². The molecule has 0 saturated carbocycles. The molecule has 2 aliphatic rings. The van der Waals surface area contributed by atoms with E-state index in [1.54, 1.807) is 23.7 Å². The van der Waals surface area contributed by atoms with Crippen LogP contribution in [0, 0.1) is 12.8 Å². The molecule has 29 heavy (non-hydrogen) atoms. The van der Waals surface area contributed by atoms with Gasteiger partial charge in [0.25, 0.3) is 0 Å². The van der Waals surface area contributed by atoms with Crippen molar-refractivity contribution < 1.29 is 9.53 Å². The van der Waals surface area contributed by atoms with Crippen molar-refractivity contribution in [3.05, 3.63) is 46.2 Å². The fourth-order valence-corrected chi connectivity index (χ4v) is 5.31. The summed E-state index contributed by atoms with van der Waals surface area (Å²) in [7, 11) is 0. The predicted molar refractivity (Wildman–Crippen MR) is 113 cm³/mol. The Bertz CT molecular complexity index is 802. The van der Waals surface area contributed by atoms with Crippen LogP contribution in [0.15, 0.2) is 30.0 Å². The van der Waals surface area contributed by atoms with Crippen molar-refractivity contribution in [2.45, 2.75) is 57.7 Å². The maximum atomic E-state index is 12.4. The Hall–Kier alpha value is -1.83. The number of ether oxygens (including phenoxy) is 1. The van der Waals surface area contributed by atoms with Crippen LogP contribution in [0.1, 0.15) is 48.2 Å². The van der Waals surface area contributed by atoms with Crippen molar-refractivity contribution in [3.63, 3.8) is 0 Å². The summed E-state index contributed by atoms with van der Waals surface area (Å²) in [6, 6.07) is 3.87. The SMILES string of the molecule is Cc1ncsc1CN1CCC2(CC1)CC(CC(=O)NCc1ccncc1)CCO2. The highest BCUT2D eigenvalue weighted by Gasteiger charge is 2.40. The van der Waals surface area contributed by atoms with Gasteiger partial charge in [-0.05, 0) is 56.2 Å². The van der Waals surface area contributed by atoms with Gasteiger partial charge in [-0.25, -0.2) is 4.98 Å². The van der Waals surface area contributed by atoms with Crippen LogP contribution in [0.3, 0.4) is 0 Å². The normalized spacial score (nSPS) is 21.9. The van der Waals surface area contributed by atoms with Crippen LogP contribution >= 0.6 is 11.3 Å². The lowest BCUT2D eigenvalue weighted by molar-refractivity contribution is -0.136.